The minimum atomic E-state index is 0.548. The van der Waals surface area contributed by atoms with Crippen molar-refractivity contribution in [1.82, 2.24) is 5.32 Å². The van der Waals surface area contributed by atoms with Gasteiger partial charge in [0.1, 0.15) is 5.75 Å². The summed E-state index contributed by atoms with van der Waals surface area (Å²) in [5.41, 5.74) is 1.35. The van der Waals surface area contributed by atoms with Crippen molar-refractivity contribution in [3.8, 4) is 5.75 Å². The lowest BCUT2D eigenvalue weighted by Gasteiger charge is -2.25. The van der Waals surface area contributed by atoms with Gasteiger partial charge in [-0.1, -0.05) is 38.5 Å². The number of para-hydroxylation sites is 1. The molecule has 1 aliphatic carbocycles. The van der Waals surface area contributed by atoms with Gasteiger partial charge < -0.3 is 10.1 Å². The Morgan fingerprint density at radius 3 is 2.67 bits per heavy atom. The summed E-state index contributed by atoms with van der Waals surface area (Å²) in [5.74, 6) is 2.25. The third kappa shape index (κ3) is 3.26. The fraction of sp³-hybridized carbons (Fsp3) is 0.625. The van der Waals surface area contributed by atoms with Crippen LogP contribution in [-0.4, -0.2) is 19.7 Å². The molecular formula is C16H25NO. The van der Waals surface area contributed by atoms with Crippen LogP contribution in [0.4, 0.5) is 0 Å². The first-order chi connectivity index (χ1) is 8.76. The monoisotopic (exact) mass is 247 g/mol. The molecule has 100 valence electrons. The lowest BCUT2D eigenvalue weighted by molar-refractivity contribution is 0.377. The maximum absolute atomic E-state index is 5.52. The van der Waals surface area contributed by atoms with Gasteiger partial charge in [0.25, 0.3) is 0 Å². The summed E-state index contributed by atoms with van der Waals surface area (Å²) in [4.78, 5) is 0. The van der Waals surface area contributed by atoms with E-state index in [0.29, 0.717) is 11.8 Å². The van der Waals surface area contributed by atoms with Gasteiger partial charge in [-0.3, -0.25) is 0 Å². The number of benzene rings is 1. The minimum Gasteiger partial charge on any atom is -0.496 e. The number of hydrogen-bond acceptors (Lipinski definition) is 2. The predicted octanol–water partition coefficient (Wildman–Crippen LogP) is 3.58. The van der Waals surface area contributed by atoms with E-state index in [0.717, 1.165) is 18.3 Å². The smallest absolute Gasteiger partial charge is 0.122 e. The van der Waals surface area contributed by atoms with Crippen LogP contribution in [0.2, 0.25) is 0 Å². The van der Waals surface area contributed by atoms with Crippen LogP contribution in [0.15, 0.2) is 24.3 Å². The van der Waals surface area contributed by atoms with Crippen molar-refractivity contribution in [3.63, 3.8) is 0 Å². The zero-order valence-corrected chi connectivity index (χ0v) is 11.8. The van der Waals surface area contributed by atoms with E-state index in [1.807, 2.05) is 6.07 Å². The maximum atomic E-state index is 5.52. The molecule has 0 amide bonds. The SMILES string of the molecule is CCC(C)C(CNC1CC1)c1ccccc1OC. The summed E-state index contributed by atoms with van der Waals surface area (Å²) in [6.07, 6.45) is 3.90. The summed E-state index contributed by atoms with van der Waals surface area (Å²) < 4.78 is 5.52. The van der Waals surface area contributed by atoms with Gasteiger partial charge in [0.2, 0.25) is 0 Å². The molecule has 0 aromatic heterocycles. The molecule has 2 atom stereocenters. The van der Waals surface area contributed by atoms with Gasteiger partial charge in [0, 0.05) is 18.5 Å². The minimum absolute atomic E-state index is 0.548. The van der Waals surface area contributed by atoms with Gasteiger partial charge in [-0.2, -0.15) is 0 Å². The number of nitrogens with one attached hydrogen (secondary N) is 1. The molecule has 1 aromatic rings. The van der Waals surface area contributed by atoms with Crippen LogP contribution in [0.3, 0.4) is 0 Å². The van der Waals surface area contributed by atoms with Crippen molar-refractivity contribution in [3.05, 3.63) is 29.8 Å². The molecule has 2 heteroatoms. The van der Waals surface area contributed by atoms with Crippen LogP contribution in [0.5, 0.6) is 5.75 Å². The van der Waals surface area contributed by atoms with E-state index in [2.05, 4.69) is 37.4 Å². The second-order valence-corrected chi connectivity index (χ2v) is 5.42. The Bertz CT molecular complexity index is 373. The molecule has 2 rings (SSSR count). The van der Waals surface area contributed by atoms with Crippen LogP contribution in [0.25, 0.3) is 0 Å². The standard InChI is InChI=1S/C16H25NO/c1-4-12(2)15(11-17-13-9-10-13)14-7-5-6-8-16(14)18-3/h5-8,12-13,15,17H,4,9-11H2,1-3H3. The van der Waals surface area contributed by atoms with E-state index in [-0.39, 0.29) is 0 Å². The first-order valence-electron chi connectivity index (χ1n) is 7.12. The Labute approximate surface area is 111 Å². The number of ether oxygens (including phenoxy) is 1. The third-order valence-corrected chi connectivity index (χ3v) is 4.07. The Balaban J connectivity index is 2.14. The summed E-state index contributed by atoms with van der Waals surface area (Å²) in [6.45, 7) is 5.68. The second-order valence-electron chi connectivity index (χ2n) is 5.42. The van der Waals surface area contributed by atoms with Crippen molar-refractivity contribution in [2.45, 2.75) is 45.1 Å². The Kier molecular flexibility index (Phi) is 4.65. The topological polar surface area (TPSA) is 21.3 Å². The van der Waals surface area contributed by atoms with E-state index in [1.165, 1.54) is 24.8 Å². The first kappa shape index (κ1) is 13.4. The molecule has 1 saturated carbocycles. The van der Waals surface area contributed by atoms with Crippen LogP contribution in [0, 0.1) is 5.92 Å². The Morgan fingerprint density at radius 1 is 1.33 bits per heavy atom. The number of rotatable bonds is 7. The molecule has 2 unspecified atom stereocenters. The first-order valence-corrected chi connectivity index (χ1v) is 7.12. The van der Waals surface area contributed by atoms with E-state index < -0.39 is 0 Å². The fourth-order valence-electron chi connectivity index (χ4n) is 2.46. The molecule has 1 N–H and O–H groups in total. The van der Waals surface area contributed by atoms with Crippen LogP contribution in [0.1, 0.15) is 44.6 Å². The molecule has 0 saturated heterocycles. The van der Waals surface area contributed by atoms with Gasteiger partial charge in [-0.25, -0.2) is 0 Å². The molecule has 1 fully saturated rings. The quantitative estimate of drug-likeness (QED) is 0.795. The summed E-state index contributed by atoms with van der Waals surface area (Å²) in [5, 5.41) is 3.67. The van der Waals surface area contributed by atoms with Gasteiger partial charge in [-0.05, 0) is 30.4 Å². The maximum Gasteiger partial charge on any atom is 0.122 e. The van der Waals surface area contributed by atoms with Crippen molar-refractivity contribution >= 4 is 0 Å². The lowest BCUT2D eigenvalue weighted by atomic mass is 9.85. The van der Waals surface area contributed by atoms with Crippen molar-refractivity contribution < 1.29 is 4.74 Å². The summed E-state index contributed by atoms with van der Waals surface area (Å²) in [7, 11) is 1.76. The van der Waals surface area contributed by atoms with Crippen LogP contribution in [-0.2, 0) is 0 Å². The highest BCUT2D eigenvalue weighted by atomic mass is 16.5. The Morgan fingerprint density at radius 2 is 2.06 bits per heavy atom. The highest BCUT2D eigenvalue weighted by molar-refractivity contribution is 5.36. The molecular weight excluding hydrogens is 222 g/mol. The average Bonchev–Trinajstić information content (AvgIpc) is 3.23. The van der Waals surface area contributed by atoms with Gasteiger partial charge in [0.15, 0.2) is 0 Å². The van der Waals surface area contributed by atoms with Gasteiger partial charge in [0.05, 0.1) is 7.11 Å². The van der Waals surface area contributed by atoms with E-state index in [9.17, 15) is 0 Å². The average molecular weight is 247 g/mol. The zero-order valence-electron chi connectivity index (χ0n) is 11.8. The third-order valence-electron chi connectivity index (χ3n) is 4.07. The second kappa shape index (κ2) is 6.24. The molecule has 18 heavy (non-hydrogen) atoms. The van der Waals surface area contributed by atoms with Crippen LogP contribution >= 0.6 is 0 Å². The summed E-state index contributed by atoms with van der Waals surface area (Å²) >= 11 is 0. The molecule has 1 aromatic carbocycles. The van der Waals surface area contributed by atoms with Crippen molar-refractivity contribution in [1.29, 1.82) is 0 Å². The van der Waals surface area contributed by atoms with E-state index in [1.54, 1.807) is 7.11 Å². The molecule has 2 nitrogen and oxygen atoms in total. The highest BCUT2D eigenvalue weighted by Crippen LogP contribution is 2.33. The van der Waals surface area contributed by atoms with E-state index in [4.69, 9.17) is 4.74 Å². The molecule has 0 spiro atoms. The van der Waals surface area contributed by atoms with Gasteiger partial charge >= 0.3 is 0 Å². The molecule has 0 aliphatic heterocycles. The highest BCUT2D eigenvalue weighted by Gasteiger charge is 2.26. The molecule has 1 aliphatic rings. The normalized spacial score (nSPS) is 18.4. The van der Waals surface area contributed by atoms with Crippen molar-refractivity contribution in [2.75, 3.05) is 13.7 Å². The summed E-state index contributed by atoms with van der Waals surface area (Å²) in [6, 6.07) is 9.21. The van der Waals surface area contributed by atoms with Crippen molar-refractivity contribution in [2.24, 2.45) is 5.92 Å². The largest absolute Gasteiger partial charge is 0.496 e. The molecule has 0 heterocycles. The lowest BCUT2D eigenvalue weighted by Crippen LogP contribution is -2.27. The van der Waals surface area contributed by atoms with Gasteiger partial charge in [-0.15, -0.1) is 0 Å². The van der Waals surface area contributed by atoms with E-state index >= 15 is 0 Å². The molecule has 0 bridgehead atoms. The fourth-order valence-corrected chi connectivity index (χ4v) is 2.46. The number of hydrogen-bond donors (Lipinski definition) is 1. The van der Waals surface area contributed by atoms with Crippen LogP contribution < -0.4 is 10.1 Å². The Hall–Kier alpha value is -1.02. The molecule has 0 radical (unpaired) electrons. The predicted molar refractivity (Wildman–Crippen MR) is 76.2 cm³/mol. The number of methoxy groups -OCH3 is 1. The zero-order chi connectivity index (χ0) is 13.0.